The first-order chi connectivity index (χ1) is 5.75. The molecule has 0 saturated carbocycles. The highest BCUT2D eigenvalue weighted by molar-refractivity contribution is 5.76. The van der Waals surface area contributed by atoms with Gasteiger partial charge in [0, 0.05) is 0 Å². The average Bonchev–Trinajstić information content (AvgIpc) is 2.55. The fraction of sp³-hybridized carbons (Fsp3) is 0.667. The molecule has 6 nitrogen and oxygen atoms in total. The van der Waals surface area contributed by atoms with E-state index in [4.69, 9.17) is 4.74 Å². The molecule has 1 aromatic heterocycles. The first kappa shape index (κ1) is 8.63. The number of carbonyl (C=O) groups excluding carboxylic acids is 1. The Labute approximate surface area is 69.3 Å². The van der Waals surface area contributed by atoms with Crippen molar-refractivity contribution in [2.45, 2.75) is 19.8 Å². The van der Waals surface area contributed by atoms with E-state index in [2.05, 4.69) is 20.6 Å². The number of hydrogen-bond donors (Lipinski definition) is 1. The third kappa shape index (κ3) is 1.77. The lowest BCUT2D eigenvalue weighted by Crippen LogP contribution is -2.14. The molecule has 66 valence electrons. The molecule has 0 bridgehead atoms. The molecule has 0 fully saturated rings. The molecule has 1 rings (SSSR count). The van der Waals surface area contributed by atoms with E-state index in [9.17, 15) is 4.79 Å². The van der Waals surface area contributed by atoms with Crippen molar-refractivity contribution >= 4 is 5.97 Å². The molecule has 0 aromatic carbocycles. The Hall–Kier alpha value is -1.46. The fourth-order valence-corrected chi connectivity index (χ4v) is 0.726. The van der Waals surface area contributed by atoms with E-state index in [1.165, 1.54) is 0 Å². The quantitative estimate of drug-likeness (QED) is 0.639. The molecule has 1 heterocycles. The van der Waals surface area contributed by atoms with Gasteiger partial charge in [0.15, 0.2) is 5.82 Å². The zero-order chi connectivity index (χ0) is 8.97. The number of aromatic nitrogens is 4. The monoisotopic (exact) mass is 170 g/mol. The lowest BCUT2D eigenvalue weighted by molar-refractivity contribution is -0.144. The minimum atomic E-state index is -0.455. The van der Waals surface area contributed by atoms with Gasteiger partial charge < -0.3 is 4.74 Å². The van der Waals surface area contributed by atoms with Gasteiger partial charge in [-0.2, -0.15) is 5.21 Å². The van der Waals surface area contributed by atoms with Crippen LogP contribution in [0.5, 0.6) is 0 Å². The number of esters is 1. The number of aromatic amines is 1. The van der Waals surface area contributed by atoms with Crippen LogP contribution in [0.25, 0.3) is 0 Å². The maximum atomic E-state index is 11.1. The van der Waals surface area contributed by atoms with Gasteiger partial charge in [0.25, 0.3) is 0 Å². The molecule has 12 heavy (non-hydrogen) atoms. The Bertz CT molecular complexity index is 246. The second kappa shape index (κ2) is 3.80. The number of ether oxygens (including phenoxy) is 1. The largest absolute Gasteiger partial charge is 0.465 e. The van der Waals surface area contributed by atoms with Crippen molar-refractivity contribution in [1.82, 2.24) is 20.6 Å². The molecule has 0 radical (unpaired) electrons. The van der Waals surface area contributed by atoms with Gasteiger partial charge in [-0.3, -0.25) is 4.79 Å². The van der Waals surface area contributed by atoms with Gasteiger partial charge in [0.05, 0.1) is 6.61 Å². The minimum absolute atomic E-state index is 0.334. The summed E-state index contributed by atoms with van der Waals surface area (Å²) in [6.45, 7) is 3.78. The molecule has 6 heteroatoms. The van der Waals surface area contributed by atoms with Crippen LogP contribution in [0.3, 0.4) is 0 Å². The Balaban J connectivity index is 2.59. The van der Waals surface area contributed by atoms with Crippen LogP contribution in [0, 0.1) is 0 Å². The highest BCUT2D eigenvalue weighted by atomic mass is 16.5. The zero-order valence-electron chi connectivity index (χ0n) is 6.94. The highest BCUT2D eigenvalue weighted by Crippen LogP contribution is 2.09. The summed E-state index contributed by atoms with van der Waals surface area (Å²) in [6, 6.07) is 0. The minimum Gasteiger partial charge on any atom is -0.465 e. The molecule has 0 unspecified atom stereocenters. The van der Waals surface area contributed by atoms with Crippen molar-refractivity contribution < 1.29 is 9.53 Å². The first-order valence-electron chi connectivity index (χ1n) is 3.65. The summed E-state index contributed by atoms with van der Waals surface area (Å²) in [5.74, 6) is -0.434. The maximum Gasteiger partial charge on any atom is 0.316 e. The summed E-state index contributed by atoms with van der Waals surface area (Å²) < 4.78 is 4.77. The number of H-pyrrole nitrogens is 1. The molecule has 0 aliphatic rings. The topological polar surface area (TPSA) is 80.8 Å². The predicted octanol–water partition coefficient (Wildman–Crippen LogP) is -0.134. The number of hydrogen-bond acceptors (Lipinski definition) is 5. The van der Waals surface area contributed by atoms with Crippen LogP contribution in [-0.2, 0) is 9.53 Å². The van der Waals surface area contributed by atoms with Crippen molar-refractivity contribution in [3.05, 3.63) is 5.82 Å². The van der Waals surface area contributed by atoms with Crippen LogP contribution in [0.4, 0.5) is 0 Å². The summed E-state index contributed by atoms with van der Waals surface area (Å²) in [5, 5.41) is 13.0. The Morgan fingerprint density at radius 2 is 2.50 bits per heavy atom. The van der Waals surface area contributed by atoms with E-state index >= 15 is 0 Å². The third-order valence-corrected chi connectivity index (χ3v) is 1.39. The molecule has 0 spiro atoms. The molecule has 0 aliphatic heterocycles. The van der Waals surface area contributed by atoms with E-state index in [0.717, 1.165) is 0 Å². The SMILES string of the molecule is CCOC(=O)[C@H](C)c1nn[nH]n1. The Morgan fingerprint density at radius 3 is 3.00 bits per heavy atom. The van der Waals surface area contributed by atoms with Gasteiger partial charge in [0.1, 0.15) is 5.92 Å². The molecule has 1 atom stereocenters. The number of rotatable bonds is 3. The van der Waals surface area contributed by atoms with Crippen molar-refractivity contribution in [1.29, 1.82) is 0 Å². The fourth-order valence-electron chi connectivity index (χ4n) is 0.726. The molecular formula is C6H10N4O2. The van der Waals surface area contributed by atoms with E-state index in [0.29, 0.717) is 12.4 Å². The number of nitrogens with zero attached hydrogens (tertiary/aromatic N) is 3. The summed E-state index contributed by atoms with van der Waals surface area (Å²) in [4.78, 5) is 11.1. The van der Waals surface area contributed by atoms with Crippen LogP contribution >= 0.6 is 0 Å². The molecule has 1 aromatic rings. The van der Waals surface area contributed by atoms with Crippen LogP contribution in [-0.4, -0.2) is 33.2 Å². The Morgan fingerprint density at radius 1 is 1.75 bits per heavy atom. The van der Waals surface area contributed by atoms with Gasteiger partial charge >= 0.3 is 5.97 Å². The van der Waals surface area contributed by atoms with Crippen molar-refractivity contribution in [3.63, 3.8) is 0 Å². The molecular weight excluding hydrogens is 160 g/mol. The van der Waals surface area contributed by atoms with Crippen molar-refractivity contribution in [2.75, 3.05) is 6.61 Å². The standard InChI is InChI=1S/C6H10N4O2/c1-3-12-6(11)4(2)5-7-9-10-8-5/h4H,3H2,1-2H3,(H,7,8,9,10)/t4-/m1/s1. The van der Waals surface area contributed by atoms with Crippen molar-refractivity contribution in [2.24, 2.45) is 0 Å². The first-order valence-corrected chi connectivity index (χ1v) is 3.65. The summed E-state index contributed by atoms with van der Waals surface area (Å²) in [5.41, 5.74) is 0. The van der Waals surface area contributed by atoms with Gasteiger partial charge in [-0.05, 0) is 13.8 Å². The second-order valence-electron chi connectivity index (χ2n) is 2.24. The predicted molar refractivity (Wildman–Crippen MR) is 39.2 cm³/mol. The number of tetrazole rings is 1. The number of nitrogens with one attached hydrogen (secondary N) is 1. The van der Waals surface area contributed by atoms with Gasteiger partial charge in [0.2, 0.25) is 0 Å². The van der Waals surface area contributed by atoms with Crippen LogP contribution in [0.1, 0.15) is 25.6 Å². The summed E-state index contributed by atoms with van der Waals surface area (Å²) in [6.07, 6.45) is 0. The smallest absolute Gasteiger partial charge is 0.316 e. The zero-order valence-corrected chi connectivity index (χ0v) is 6.94. The van der Waals surface area contributed by atoms with Crippen LogP contribution in [0.2, 0.25) is 0 Å². The summed E-state index contributed by atoms with van der Waals surface area (Å²) >= 11 is 0. The molecule has 0 amide bonds. The highest BCUT2D eigenvalue weighted by Gasteiger charge is 2.19. The van der Waals surface area contributed by atoms with Crippen LogP contribution in [0.15, 0.2) is 0 Å². The summed E-state index contributed by atoms with van der Waals surface area (Å²) in [7, 11) is 0. The van der Waals surface area contributed by atoms with Gasteiger partial charge in [-0.15, -0.1) is 10.2 Å². The Kier molecular flexibility index (Phi) is 2.73. The molecule has 1 N–H and O–H groups in total. The van der Waals surface area contributed by atoms with E-state index in [1.807, 2.05) is 0 Å². The van der Waals surface area contributed by atoms with Gasteiger partial charge in [-0.25, -0.2) is 0 Å². The van der Waals surface area contributed by atoms with Crippen molar-refractivity contribution in [3.8, 4) is 0 Å². The van der Waals surface area contributed by atoms with E-state index in [-0.39, 0.29) is 5.97 Å². The average molecular weight is 170 g/mol. The van der Waals surface area contributed by atoms with Crippen LogP contribution < -0.4 is 0 Å². The van der Waals surface area contributed by atoms with E-state index < -0.39 is 5.92 Å². The maximum absolute atomic E-state index is 11.1. The van der Waals surface area contributed by atoms with Gasteiger partial charge in [-0.1, -0.05) is 5.21 Å². The third-order valence-electron chi connectivity index (χ3n) is 1.39. The lowest BCUT2D eigenvalue weighted by Gasteiger charge is -2.04. The molecule has 0 aliphatic carbocycles. The lowest BCUT2D eigenvalue weighted by atomic mass is 10.2. The normalized spacial score (nSPS) is 12.5. The van der Waals surface area contributed by atoms with E-state index in [1.54, 1.807) is 13.8 Å². The molecule has 0 saturated heterocycles. The second-order valence-corrected chi connectivity index (χ2v) is 2.24. The number of carbonyl (C=O) groups is 1.